The maximum atomic E-state index is 5.99. The highest BCUT2D eigenvalue weighted by Gasteiger charge is 2.49. The number of rotatable bonds is 5. The fraction of sp³-hybridized carbons (Fsp3) is 0.500. The zero-order valence-corrected chi connectivity index (χ0v) is 12.5. The number of nitrogens with zero attached hydrogens (tertiary/aromatic N) is 5. The second kappa shape index (κ2) is 5.33. The number of methoxy groups -OCH3 is 1. The van der Waals surface area contributed by atoms with Crippen LogP contribution in [0.25, 0.3) is 0 Å². The van der Waals surface area contributed by atoms with Crippen molar-refractivity contribution in [2.45, 2.75) is 12.5 Å². The van der Waals surface area contributed by atoms with Crippen LogP contribution in [0.15, 0.2) is 24.7 Å². The molecule has 2 aromatic rings. The number of ether oxygens (including phenoxy) is 2. The van der Waals surface area contributed by atoms with Gasteiger partial charge in [-0.05, 0) is 6.92 Å². The highest BCUT2D eigenvalue weighted by Crippen LogP contribution is 2.36. The number of imidazole rings is 1. The summed E-state index contributed by atoms with van der Waals surface area (Å²) in [5.74, 6) is 2.15. The number of anilines is 1. The minimum absolute atomic E-state index is 0.389. The van der Waals surface area contributed by atoms with Gasteiger partial charge in [0.1, 0.15) is 5.82 Å². The van der Waals surface area contributed by atoms with E-state index in [-0.39, 0.29) is 5.60 Å². The van der Waals surface area contributed by atoms with Crippen molar-refractivity contribution < 1.29 is 9.47 Å². The molecule has 0 spiro atoms. The summed E-state index contributed by atoms with van der Waals surface area (Å²) in [5, 5.41) is 0. The van der Waals surface area contributed by atoms with Crippen molar-refractivity contribution in [3.05, 3.63) is 30.5 Å². The van der Waals surface area contributed by atoms with Gasteiger partial charge in [-0.15, -0.1) is 0 Å². The van der Waals surface area contributed by atoms with E-state index in [0.717, 1.165) is 5.82 Å². The molecule has 1 aliphatic heterocycles. The SMILES string of the molecule is CCOC1(c2nccn2C)CN(c2nccc(OC)n2)C1. The Hall–Kier alpha value is -2.15. The minimum atomic E-state index is -0.389. The van der Waals surface area contributed by atoms with E-state index in [4.69, 9.17) is 9.47 Å². The molecule has 0 aliphatic carbocycles. The number of hydrogen-bond donors (Lipinski definition) is 0. The maximum Gasteiger partial charge on any atom is 0.228 e. The average molecular weight is 289 g/mol. The first-order chi connectivity index (χ1) is 10.2. The Bertz CT molecular complexity index is 621. The molecule has 1 aliphatic rings. The smallest absolute Gasteiger partial charge is 0.228 e. The summed E-state index contributed by atoms with van der Waals surface area (Å²) in [5.41, 5.74) is -0.389. The van der Waals surface area contributed by atoms with E-state index in [0.29, 0.717) is 31.5 Å². The molecule has 0 atom stereocenters. The first kappa shape index (κ1) is 13.8. The Labute approximate surface area is 123 Å². The summed E-state index contributed by atoms with van der Waals surface area (Å²) in [6.45, 7) is 3.99. The van der Waals surface area contributed by atoms with Gasteiger partial charge in [0.2, 0.25) is 11.8 Å². The van der Waals surface area contributed by atoms with Crippen LogP contribution in [0.3, 0.4) is 0 Å². The van der Waals surface area contributed by atoms with Gasteiger partial charge in [-0.1, -0.05) is 0 Å². The predicted molar refractivity (Wildman–Crippen MR) is 77.3 cm³/mol. The second-order valence-corrected chi connectivity index (χ2v) is 5.04. The topological polar surface area (TPSA) is 65.3 Å². The van der Waals surface area contributed by atoms with Crippen LogP contribution in [0.5, 0.6) is 5.88 Å². The summed E-state index contributed by atoms with van der Waals surface area (Å²) < 4.78 is 13.1. The van der Waals surface area contributed by atoms with Crippen molar-refractivity contribution in [3.8, 4) is 5.88 Å². The lowest BCUT2D eigenvalue weighted by atomic mass is 9.93. The highest BCUT2D eigenvalue weighted by atomic mass is 16.5. The Balaban J connectivity index is 1.81. The van der Waals surface area contributed by atoms with Gasteiger partial charge < -0.3 is 18.9 Å². The van der Waals surface area contributed by atoms with Crippen LogP contribution in [0.4, 0.5) is 5.95 Å². The van der Waals surface area contributed by atoms with Crippen molar-refractivity contribution >= 4 is 5.95 Å². The number of aryl methyl sites for hydroxylation is 1. The van der Waals surface area contributed by atoms with E-state index in [2.05, 4.69) is 19.9 Å². The minimum Gasteiger partial charge on any atom is -0.481 e. The lowest BCUT2D eigenvalue weighted by Gasteiger charge is -2.48. The molecule has 1 fully saturated rings. The summed E-state index contributed by atoms with van der Waals surface area (Å²) in [4.78, 5) is 15.1. The maximum absolute atomic E-state index is 5.99. The Morgan fingerprint density at radius 2 is 2.10 bits per heavy atom. The zero-order chi connectivity index (χ0) is 14.9. The van der Waals surface area contributed by atoms with Crippen molar-refractivity contribution in [1.82, 2.24) is 19.5 Å². The molecule has 7 nitrogen and oxygen atoms in total. The van der Waals surface area contributed by atoms with Gasteiger partial charge >= 0.3 is 0 Å². The van der Waals surface area contributed by atoms with Gasteiger partial charge in [0, 0.05) is 38.3 Å². The molecule has 2 aromatic heterocycles. The van der Waals surface area contributed by atoms with Crippen LogP contribution >= 0.6 is 0 Å². The van der Waals surface area contributed by atoms with E-state index in [1.165, 1.54) is 0 Å². The molecule has 0 bridgehead atoms. The molecule has 3 rings (SSSR count). The largest absolute Gasteiger partial charge is 0.481 e. The normalized spacial score (nSPS) is 16.6. The molecule has 0 saturated carbocycles. The highest BCUT2D eigenvalue weighted by molar-refractivity contribution is 5.40. The molecule has 21 heavy (non-hydrogen) atoms. The molecule has 3 heterocycles. The standard InChI is InChI=1S/C14H19N5O2/c1-4-21-14(12-15-7-8-18(12)2)9-19(10-14)13-16-6-5-11(17-13)20-3/h5-8H,4,9-10H2,1-3H3. The zero-order valence-electron chi connectivity index (χ0n) is 12.5. The summed E-state index contributed by atoms with van der Waals surface area (Å²) >= 11 is 0. The van der Waals surface area contributed by atoms with Gasteiger partial charge in [0.15, 0.2) is 5.60 Å². The molecule has 0 radical (unpaired) electrons. The average Bonchev–Trinajstić information content (AvgIpc) is 2.89. The van der Waals surface area contributed by atoms with E-state index < -0.39 is 0 Å². The van der Waals surface area contributed by atoms with Crippen LogP contribution in [-0.2, 0) is 17.4 Å². The molecule has 0 N–H and O–H groups in total. The van der Waals surface area contributed by atoms with Gasteiger partial charge in [0.05, 0.1) is 20.2 Å². The molecule has 0 aromatic carbocycles. The van der Waals surface area contributed by atoms with Crippen LogP contribution < -0.4 is 9.64 Å². The molecule has 7 heteroatoms. The summed E-state index contributed by atoms with van der Waals surface area (Å²) in [6.07, 6.45) is 5.42. The Morgan fingerprint density at radius 1 is 1.29 bits per heavy atom. The fourth-order valence-electron chi connectivity index (χ4n) is 2.69. The third-order valence-corrected chi connectivity index (χ3v) is 3.65. The monoisotopic (exact) mass is 289 g/mol. The van der Waals surface area contributed by atoms with E-state index in [9.17, 15) is 0 Å². The predicted octanol–water partition coefficient (Wildman–Crippen LogP) is 0.971. The van der Waals surface area contributed by atoms with Crippen LogP contribution in [0.1, 0.15) is 12.7 Å². The van der Waals surface area contributed by atoms with Crippen molar-refractivity contribution in [3.63, 3.8) is 0 Å². The van der Waals surface area contributed by atoms with E-state index in [1.807, 2.05) is 24.7 Å². The first-order valence-corrected chi connectivity index (χ1v) is 6.92. The van der Waals surface area contributed by atoms with Crippen molar-refractivity contribution in [2.75, 3.05) is 31.7 Å². The quantitative estimate of drug-likeness (QED) is 0.817. The molecule has 0 unspecified atom stereocenters. The lowest BCUT2D eigenvalue weighted by Crippen LogP contribution is -2.62. The van der Waals surface area contributed by atoms with Crippen LogP contribution in [0, 0.1) is 0 Å². The molecular weight excluding hydrogens is 270 g/mol. The number of hydrogen-bond acceptors (Lipinski definition) is 6. The second-order valence-electron chi connectivity index (χ2n) is 5.04. The molecular formula is C14H19N5O2. The Kier molecular flexibility index (Phi) is 3.50. The summed E-state index contributed by atoms with van der Waals surface area (Å²) in [7, 11) is 3.58. The van der Waals surface area contributed by atoms with E-state index in [1.54, 1.807) is 25.6 Å². The number of aromatic nitrogens is 4. The first-order valence-electron chi connectivity index (χ1n) is 6.92. The van der Waals surface area contributed by atoms with Crippen LogP contribution in [-0.4, -0.2) is 46.3 Å². The van der Waals surface area contributed by atoms with Gasteiger partial charge in [-0.25, -0.2) is 9.97 Å². The van der Waals surface area contributed by atoms with Crippen LogP contribution in [0.2, 0.25) is 0 Å². The fourth-order valence-corrected chi connectivity index (χ4v) is 2.69. The third kappa shape index (κ3) is 2.33. The molecule has 112 valence electrons. The van der Waals surface area contributed by atoms with Gasteiger partial charge in [-0.2, -0.15) is 4.98 Å². The summed E-state index contributed by atoms with van der Waals surface area (Å²) in [6, 6.07) is 1.73. The van der Waals surface area contributed by atoms with Crippen molar-refractivity contribution in [2.24, 2.45) is 7.05 Å². The lowest BCUT2D eigenvalue weighted by molar-refractivity contribution is -0.0737. The Morgan fingerprint density at radius 3 is 2.71 bits per heavy atom. The molecule has 0 amide bonds. The third-order valence-electron chi connectivity index (χ3n) is 3.65. The van der Waals surface area contributed by atoms with Crippen molar-refractivity contribution in [1.29, 1.82) is 0 Å². The van der Waals surface area contributed by atoms with Gasteiger partial charge in [0.25, 0.3) is 0 Å². The van der Waals surface area contributed by atoms with E-state index >= 15 is 0 Å². The molecule has 1 saturated heterocycles. The van der Waals surface area contributed by atoms with Gasteiger partial charge in [-0.3, -0.25) is 0 Å².